The lowest BCUT2D eigenvalue weighted by molar-refractivity contribution is -0.110. The van der Waals surface area contributed by atoms with Crippen molar-refractivity contribution in [3.05, 3.63) is 36.5 Å². The Labute approximate surface area is 104 Å². The number of hydrogen-bond acceptors (Lipinski definition) is 5. The topological polar surface area (TPSA) is 78.1 Å². The number of Topliss-reactive ketones (excluding diaryl/α,β-unsaturated/α-hetero) is 1. The maximum atomic E-state index is 11.1. The monoisotopic (exact) mass is 238 g/mol. The van der Waals surface area contributed by atoms with Crippen molar-refractivity contribution in [1.82, 2.24) is 4.98 Å². The van der Waals surface area contributed by atoms with E-state index in [9.17, 15) is 4.79 Å². The largest absolute Gasteiger partial charge is 0.292 e. The number of nitrogens with one attached hydrogen (secondary N) is 1. The number of carbonyl (C=O) groups is 1. The molecule has 5 heteroatoms. The molecule has 5 nitrogen and oxygen atoms in total. The summed E-state index contributed by atoms with van der Waals surface area (Å²) < 4.78 is 0. The molecule has 0 bridgehead atoms. The van der Waals surface area contributed by atoms with Gasteiger partial charge in [-0.25, -0.2) is 0 Å². The van der Waals surface area contributed by atoms with Crippen LogP contribution in [-0.4, -0.2) is 16.5 Å². The number of anilines is 1. The first kappa shape index (κ1) is 11.7. The van der Waals surface area contributed by atoms with Crippen LogP contribution in [0.2, 0.25) is 0 Å². The van der Waals surface area contributed by atoms with E-state index in [-0.39, 0.29) is 11.5 Å². The number of aromatic nitrogens is 1. The van der Waals surface area contributed by atoms with Crippen molar-refractivity contribution < 1.29 is 4.79 Å². The maximum Gasteiger partial charge on any atom is 0.203 e. The van der Waals surface area contributed by atoms with Crippen LogP contribution in [0.25, 0.3) is 10.9 Å². The molecule has 18 heavy (non-hydrogen) atoms. The van der Waals surface area contributed by atoms with Crippen LogP contribution in [0, 0.1) is 11.3 Å². The summed E-state index contributed by atoms with van der Waals surface area (Å²) in [6.45, 7) is 1.30. The van der Waals surface area contributed by atoms with E-state index in [1.807, 2.05) is 24.3 Å². The number of nitriles is 1. The Bertz CT molecular complexity index is 665. The first-order valence-electron chi connectivity index (χ1n) is 5.31. The molecular weight excluding hydrogens is 228 g/mol. The minimum absolute atomic E-state index is 0.164. The molecule has 88 valence electrons. The van der Waals surface area contributed by atoms with E-state index in [1.165, 1.54) is 6.92 Å². The van der Waals surface area contributed by atoms with Crippen LogP contribution in [0.4, 0.5) is 5.69 Å². The molecule has 0 aliphatic carbocycles. The number of ketones is 1. The van der Waals surface area contributed by atoms with Crippen molar-refractivity contribution in [1.29, 1.82) is 5.26 Å². The molecule has 2 aromatic rings. The van der Waals surface area contributed by atoms with Gasteiger partial charge in [0, 0.05) is 18.5 Å². The SMILES string of the molecule is CC(=O)/C(C#N)=N\Nc1cccc2cccnc12. The molecule has 0 spiro atoms. The summed E-state index contributed by atoms with van der Waals surface area (Å²) in [5.74, 6) is -0.377. The lowest BCUT2D eigenvalue weighted by atomic mass is 10.2. The molecule has 0 amide bonds. The summed E-state index contributed by atoms with van der Waals surface area (Å²) in [6.07, 6.45) is 1.67. The van der Waals surface area contributed by atoms with Gasteiger partial charge in [-0.05, 0) is 12.1 Å². The van der Waals surface area contributed by atoms with Crippen LogP contribution < -0.4 is 5.43 Å². The third kappa shape index (κ3) is 2.33. The van der Waals surface area contributed by atoms with Gasteiger partial charge in [-0.2, -0.15) is 10.4 Å². The van der Waals surface area contributed by atoms with Crippen molar-refractivity contribution >= 4 is 28.1 Å². The summed E-state index contributed by atoms with van der Waals surface area (Å²) in [5.41, 5.74) is 3.93. The number of nitrogens with zero attached hydrogens (tertiary/aromatic N) is 3. The summed E-state index contributed by atoms with van der Waals surface area (Å²) >= 11 is 0. The number of benzene rings is 1. The zero-order valence-electron chi connectivity index (χ0n) is 9.71. The van der Waals surface area contributed by atoms with Crippen molar-refractivity contribution in [2.45, 2.75) is 6.92 Å². The van der Waals surface area contributed by atoms with Crippen molar-refractivity contribution in [3.63, 3.8) is 0 Å². The van der Waals surface area contributed by atoms with Crippen LogP contribution in [-0.2, 0) is 4.79 Å². The zero-order valence-corrected chi connectivity index (χ0v) is 9.71. The highest BCUT2D eigenvalue weighted by Gasteiger charge is 2.05. The number of hydrazone groups is 1. The Balaban J connectivity index is 2.39. The van der Waals surface area contributed by atoms with Crippen molar-refractivity contribution in [2.24, 2.45) is 5.10 Å². The van der Waals surface area contributed by atoms with Crippen LogP contribution >= 0.6 is 0 Å². The molecule has 1 aromatic carbocycles. The van der Waals surface area contributed by atoms with Crippen LogP contribution in [0.3, 0.4) is 0 Å². The van der Waals surface area contributed by atoms with Crippen molar-refractivity contribution in [2.75, 3.05) is 5.43 Å². The Hall–Kier alpha value is -2.74. The Morgan fingerprint density at radius 3 is 2.89 bits per heavy atom. The lowest BCUT2D eigenvalue weighted by Gasteiger charge is -2.04. The third-order valence-electron chi connectivity index (χ3n) is 2.36. The smallest absolute Gasteiger partial charge is 0.203 e. The molecule has 1 heterocycles. The van der Waals surface area contributed by atoms with Gasteiger partial charge in [-0.1, -0.05) is 18.2 Å². The Morgan fingerprint density at radius 2 is 2.17 bits per heavy atom. The highest BCUT2D eigenvalue weighted by atomic mass is 16.1. The van der Waals surface area contributed by atoms with Crippen LogP contribution in [0.15, 0.2) is 41.6 Å². The molecule has 0 aliphatic rings. The predicted molar refractivity (Wildman–Crippen MR) is 69.1 cm³/mol. The van der Waals surface area contributed by atoms with Gasteiger partial charge in [-0.3, -0.25) is 15.2 Å². The fourth-order valence-corrected chi connectivity index (χ4v) is 1.49. The highest BCUT2D eigenvalue weighted by Crippen LogP contribution is 2.20. The van der Waals surface area contributed by atoms with E-state index in [1.54, 1.807) is 18.3 Å². The molecule has 0 atom stereocenters. The average molecular weight is 238 g/mol. The minimum Gasteiger partial charge on any atom is -0.292 e. The second kappa shape index (κ2) is 5.06. The molecule has 0 saturated heterocycles. The van der Waals surface area contributed by atoms with E-state index >= 15 is 0 Å². The molecule has 0 saturated carbocycles. The van der Waals surface area contributed by atoms with Crippen LogP contribution in [0.5, 0.6) is 0 Å². The van der Waals surface area contributed by atoms with Crippen molar-refractivity contribution in [3.8, 4) is 6.07 Å². The quantitative estimate of drug-likeness (QED) is 0.656. The molecule has 0 aliphatic heterocycles. The number of hydrogen-bond donors (Lipinski definition) is 1. The fourth-order valence-electron chi connectivity index (χ4n) is 1.49. The van der Waals surface area contributed by atoms with Gasteiger partial charge in [0.25, 0.3) is 0 Å². The predicted octanol–water partition coefficient (Wildman–Crippen LogP) is 2.12. The van der Waals surface area contributed by atoms with Gasteiger partial charge in [0.1, 0.15) is 6.07 Å². The molecule has 2 rings (SSSR count). The van der Waals surface area contributed by atoms with E-state index in [2.05, 4.69) is 15.5 Å². The summed E-state index contributed by atoms with van der Waals surface area (Å²) in [6, 6.07) is 11.1. The standard InChI is InChI=1S/C13H10N4O/c1-9(18)12(8-14)17-16-11-6-2-4-10-5-3-7-15-13(10)11/h2-7,16H,1H3/b17-12-. The van der Waals surface area contributed by atoms with Gasteiger partial charge >= 0.3 is 0 Å². The normalized spacial score (nSPS) is 11.0. The van der Waals surface area contributed by atoms with Gasteiger partial charge < -0.3 is 0 Å². The first-order chi connectivity index (χ1) is 8.72. The van der Waals surface area contributed by atoms with E-state index in [0.29, 0.717) is 5.69 Å². The number of para-hydroxylation sites is 1. The Morgan fingerprint density at radius 1 is 1.39 bits per heavy atom. The van der Waals surface area contributed by atoms with Gasteiger partial charge in [0.05, 0.1) is 11.2 Å². The van der Waals surface area contributed by atoms with Gasteiger partial charge in [0.2, 0.25) is 5.71 Å². The highest BCUT2D eigenvalue weighted by molar-refractivity contribution is 6.45. The van der Waals surface area contributed by atoms with Crippen LogP contribution in [0.1, 0.15) is 6.92 Å². The Kier molecular flexibility index (Phi) is 3.30. The fraction of sp³-hybridized carbons (Fsp3) is 0.0769. The lowest BCUT2D eigenvalue weighted by Crippen LogP contribution is -2.09. The molecular formula is C13H10N4O. The van der Waals surface area contributed by atoms with E-state index in [4.69, 9.17) is 5.26 Å². The molecule has 1 aromatic heterocycles. The summed E-state index contributed by atoms with van der Waals surface area (Å²) in [5, 5.41) is 13.5. The van der Waals surface area contributed by atoms with E-state index < -0.39 is 0 Å². The zero-order chi connectivity index (χ0) is 13.0. The second-order valence-electron chi connectivity index (χ2n) is 3.62. The molecule has 1 N–H and O–H groups in total. The third-order valence-corrected chi connectivity index (χ3v) is 2.36. The summed E-state index contributed by atoms with van der Waals surface area (Å²) in [4.78, 5) is 15.3. The minimum atomic E-state index is -0.377. The first-order valence-corrected chi connectivity index (χ1v) is 5.31. The maximum absolute atomic E-state index is 11.1. The van der Waals surface area contributed by atoms with Gasteiger partial charge in [0.15, 0.2) is 5.78 Å². The second-order valence-corrected chi connectivity index (χ2v) is 3.62. The number of fused-ring (bicyclic) bond motifs is 1. The molecule has 0 unspecified atom stereocenters. The molecule has 0 radical (unpaired) electrons. The number of pyridine rings is 1. The number of rotatable bonds is 3. The number of carbonyl (C=O) groups excluding carboxylic acids is 1. The summed E-state index contributed by atoms with van der Waals surface area (Å²) in [7, 11) is 0. The van der Waals surface area contributed by atoms with Gasteiger partial charge in [-0.15, -0.1) is 0 Å². The van der Waals surface area contributed by atoms with E-state index in [0.717, 1.165) is 10.9 Å². The average Bonchev–Trinajstić information content (AvgIpc) is 2.39. The molecule has 0 fully saturated rings.